The summed E-state index contributed by atoms with van der Waals surface area (Å²) < 4.78 is 11.0. The Morgan fingerprint density at radius 2 is 1.37 bits per heavy atom. The lowest BCUT2D eigenvalue weighted by molar-refractivity contribution is 0.305. The summed E-state index contributed by atoms with van der Waals surface area (Å²) in [6, 6.07) is 20.3. The van der Waals surface area contributed by atoms with Crippen molar-refractivity contribution >= 4 is 10.8 Å². The molecule has 0 saturated carbocycles. The van der Waals surface area contributed by atoms with Crippen LogP contribution < -0.4 is 9.47 Å². The first-order chi connectivity index (χ1) is 13.3. The molecule has 0 heterocycles. The highest BCUT2D eigenvalue weighted by Crippen LogP contribution is 2.22. The summed E-state index contributed by atoms with van der Waals surface area (Å²) in [5, 5.41) is 2.35. The molecular formula is C25H26O2. The van der Waals surface area contributed by atoms with Crippen molar-refractivity contribution in [3.63, 3.8) is 0 Å². The van der Waals surface area contributed by atoms with Crippen LogP contribution in [-0.4, -0.2) is 13.7 Å². The summed E-state index contributed by atoms with van der Waals surface area (Å²) >= 11 is 0. The number of methoxy groups -OCH3 is 1. The topological polar surface area (TPSA) is 18.5 Å². The van der Waals surface area contributed by atoms with Crippen molar-refractivity contribution in [1.29, 1.82) is 0 Å². The van der Waals surface area contributed by atoms with Gasteiger partial charge in [0, 0.05) is 11.1 Å². The number of hydrogen-bond donors (Lipinski definition) is 0. The summed E-state index contributed by atoms with van der Waals surface area (Å²) in [4.78, 5) is 0. The van der Waals surface area contributed by atoms with Crippen LogP contribution in [0.15, 0.2) is 60.7 Å². The van der Waals surface area contributed by atoms with Gasteiger partial charge >= 0.3 is 0 Å². The molecular weight excluding hydrogens is 332 g/mol. The molecule has 0 spiro atoms. The molecule has 27 heavy (non-hydrogen) atoms. The van der Waals surface area contributed by atoms with Crippen molar-refractivity contribution in [2.45, 2.75) is 32.6 Å². The normalized spacial score (nSPS) is 10.3. The number of hydrogen-bond acceptors (Lipinski definition) is 2. The molecule has 0 bridgehead atoms. The Labute approximate surface area is 162 Å². The van der Waals surface area contributed by atoms with E-state index >= 15 is 0 Å². The molecule has 0 N–H and O–H groups in total. The second kappa shape index (κ2) is 9.69. The lowest BCUT2D eigenvalue weighted by Crippen LogP contribution is -1.97. The molecule has 3 aromatic rings. The molecule has 3 aromatic carbocycles. The molecule has 0 saturated heterocycles. The number of unbranched alkanes of at least 4 members (excludes halogenated alkanes) is 3. The maximum atomic E-state index is 5.88. The van der Waals surface area contributed by atoms with E-state index in [0.717, 1.165) is 35.7 Å². The first kappa shape index (κ1) is 18.9. The third kappa shape index (κ3) is 5.53. The Hall–Kier alpha value is -2.92. The van der Waals surface area contributed by atoms with Gasteiger partial charge in [-0.3, -0.25) is 0 Å². The molecule has 3 rings (SSSR count). The Morgan fingerprint density at radius 1 is 0.704 bits per heavy atom. The van der Waals surface area contributed by atoms with E-state index in [4.69, 9.17) is 9.47 Å². The first-order valence-electron chi connectivity index (χ1n) is 9.61. The smallest absolute Gasteiger partial charge is 0.119 e. The number of benzene rings is 3. The lowest BCUT2D eigenvalue weighted by Gasteiger charge is -2.07. The van der Waals surface area contributed by atoms with Gasteiger partial charge in [0.05, 0.1) is 13.7 Å². The molecule has 0 amide bonds. The minimum atomic E-state index is 0.789. The summed E-state index contributed by atoms with van der Waals surface area (Å²) in [7, 11) is 1.67. The van der Waals surface area contributed by atoms with E-state index in [1.54, 1.807) is 7.11 Å². The van der Waals surface area contributed by atoms with E-state index in [2.05, 4.69) is 49.1 Å². The highest BCUT2D eigenvalue weighted by atomic mass is 16.5. The maximum absolute atomic E-state index is 5.88. The van der Waals surface area contributed by atoms with Gasteiger partial charge in [-0.15, -0.1) is 0 Å². The largest absolute Gasteiger partial charge is 0.497 e. The van der Waals surface area contributed by atoms with E-state index < -0.39 is 0 Å². The Balaban J connectivity index is 1.67. The fraction of sp³-hybridized carbons (Fsp3) is 0.280. The van der Waals surface area contributed by atoms with Gasteiger partial charge in [0.25, 0.3) is 0 Å². The zero-order chi connectivity index (χ0) is 18.9. The lowest BCUT2D eigenvalue weighted by atomic mass is 10.1. The number of rotatable bonds is 7. The van der Waals surface area contributed by atoms with E-state index in [1.165, 1.54) is 30.0 Å². The van der Waals surface area contributed by atoms with Crippen LogP contribution >= 0.6 is 0 Å². The minimum absolute atomic E-state index is 0.789. The highest BCUT2D eigenvalue weighted by Gasteiger charge is 1.99. The second-order valence-electron chi connectivity index (χ2n) is 6.61. The average Bonchev–Trinajstić information content (AvgIpc) is 2.72. The summed E-state index contributed by atoms with van der Waals surface area (Å²) in [5.74, 6) is 8.22. The van der Waals surface area contributed by atoms with Crippen molar-refractivity contribution in [3.8, 4) is 23.3 Å². The third-order valence-corrected chi connectivity index (χ3v) is 4.52. The summed E-state index contributed by atoms with van der Waals surface area (Å²) in [6.45, 7) is 3.01. The average molecular weight is 358 g/mol. The quantitative estimate of drug-likeness (QED) is 0.369. The SMILES string of the molecule is CCCCCCOc1ccc2cc(C#Cc3ccc(OC)cc3)ccc2c1. The second-order valence-corrected chi connectivity index (χ2v) is 6.61. The fourth-order valence-corrected chi connectivity index (χ4v) is 2.93. The zero-order valence-corrected chi connectivity index (χ0v) is 16.1. The van der Waals surface area contributed by atoms with Crippen LogP contribution in [0.3, 0.4) is 0 Å². The summed E-state index contributed by atoms with van der Waals surface area (Å²) in [6.07, 6.45) is 4.88. The molecule has 2 nitrogen and oxygen atoms in total. The zero-order valence-electron chi connectivity index (χ0n) is 16.1. The first-order valence-corrected chi connectivity index (χ1v) is 9.61. The van der Waals surface area contributed by atoms with Crippen LogP contribution in [0.25, 0.3) is 10.8 Å². The van der Waals surface area contributed by atoms with Crippen LogP contribution in [0.4, 0.5) is 0 Å². The van der Waals surface area contributed by atoms with Crippen LogP contribution in [0.5, 0.6) is 11.5 Å². The Morgan fingerprint density at radius 3 is 2.15 bits per heavy atom. The van der Waals surface area contributed by atoms with Gasteiger partial charge in [0.2, 0.25) is 0 Å². The van der Waals surface area contributed by atoms with Gasteiger partial charge in [-0.1, -0.05) is 50.2 Å². The van der Waals surface area contributed by atoms with Crippen molar-refractivity contribution in [2.75, 3.05) is 13.7 Å². The molecule has 138 valence electrons. The summed E-state index contributed by atoms with van der Waals surface area (Å²) in [5.41, 5.74) is 1.98. The third-order valence-electron chi connectivity index (χ3n) is 4.52. The van der Waals surface area contributed by atoms with Gasteiger partial charge in [0.15, 0.2) is 0 Å². The van der Waals surface area contributed by atoms with Crippen LogP contribution in [0.1, 0.15) is 43.7 Å². The van der Waals surface area contributed by atoms with Crippen LogP contribution in [-0.2, 0) is 0 Å². The van der Waals surface area contributed by atoms with Gasteiger partial charge < -0.3 is 9.47 Å². The van der Waals surface area contributed by atoms with Crippen molar-refractivity contribution in [3.05, 3.63) is 71.8 Å². The van der Waals surface area contributed by atoms with Gasteiger partial charge in [0.1, 0.15) is 11.5 Å². The molecule has 0 fully saturated rings. The molecule has 0 unspecified atom stereocenters. The van der Waals surface area contributed by atoms with E-state index in [-0.39, 0.29) is 0 Å². The van der Waals surface area contributed by atoms with Crippen LogP contribution in [0.2, 0.25) is 0 Å². The van der Waals surface area contributed by atoms with Crippen molar-refractivity contribution in [2.24, 2.45) is 0 Å². The van der Waals surface area contributed by atoms with Crippen molar-refractivity contribution in [1.82, 2.24) is 0 Å². The van der Waals surface area contributed by atoms with Gasteiger partial charge in [-0.25, -0.2) is 0 Å². The molecule has 0 aromatic heterocycles. The molecule has 0 aliphatic rings. The van der Waals surface area contributed by atoms with E-state index in [9.17, 15) is 0 Å². The van der Waals surface area contributed by atoms with Gasteiger partial charge in [-0.2, -0.15) is 0 Å². The highest BCUT2D eigenvalue weighted by molar-refractivity contribution is 5.85. The monoisotopic (exact) mass is 358 g/mol. The Kier molecular flexibility index (Phi) is 6.77. The minimum Gasteiger partial charge on any atom is -0.497 e. The number of fused-ring (bicyclic) bond motifs is 1. The predicted molar refractivity (Wildman–Crippen MR) is 113 cm³/mol. The fourth-order valence-electron chi connectivity index (χ4n) is 2.93. The van der Waals surface area contributed by atoms with Gasteiger partial charge in [-0.05, 0) is 65.7 Å². The standard InChI is InChI=1S/C25H26O2/c1-3-4-5-6-17-27-25-16-13-22-18-21(9-12-23(22)19-25)8-7-20-10-14-24(26-2)15-11-20/h9-16,18-19H,3-6,17H2,1-2H3. The molecule has 0 aliphatic heterocycles. The molecule has 0 atom stereocenters. The van der Waals surface area contributed by atoms with Crippen molar-refractivity contribution < 1.29 is 9.47 Å². The van der Waals surface area contributed by atoms with Crippen LogP contribution in [0, 0.1) is 11.8 Å². The van der Waals surface area contributed by atoms with E-state index in [0.29, 0.717) is 0 Å². The molecule has 0 radical (unpaired) electrons. The van der Waals surface area contributed by atoms with E-state index in [1.807, 2.05) is 30.3 Å². The molecule has 0 aliphatic carbocycles. The predicted octanol–water partition coefficient (Wildman–Crippen LogP) is 6.21. The number of ether oxygens (including phenoxy) is 2. The molecule has 2 heteroatoms. The Bertz CT molecular complexity index is 930. The maximum Gasteiger partial charge on any atom is 0.119 e.